The molecule has 0 aromatic heterocycles. The summed E-state index contributed by atoms with van der Waals surface area (Å²) < 4.78 is 19.2. The molecular formula is C21H30FIN4O. The fourth-order valence-electron chi connectivity index (χ4n) is 2.85. The lowest BCUT2D eigenvalue weighted by atomic mass is 10.1. The van der Waals surface area contributed by atoms with E-state index in [1.54, 1.807) is 19.2 Å². The number of rotatable bonds is 8. The number of hydrogen-bond acceptors (Lipinski definition) is 3. The molecule has 2 rings (SSSR count). The van der Waals surface area contributed by atoms with Crippen LogP contribution < -0.4 is 15.4 Å². The van der Waals surface area contributed by atoms with Gasteiger partial charge in [-0.3, -0.25) is 4.99 Å². The highest BCUT2D eigenvalue weighted by molar-refractivity contribution is 14.0. The van der Waals surface area contributed by atoms with E-state index in [2.05, 4.69) is 20.5 Å². The van der Waals surface area contributed by atoms with E-state index < -0.39 is 0 Å². The predicted octanol–water partition coefficient (Wildman–Crippen LogP) is 3.81. The minimum atomic E-state index is -0.227. The van der Waals surface area contributed by atoms with Crippen LogP contribution in [0.3, 0.4) is 0 Å². The largest absolute Gasteiger partial charge is 0.494 e. The Morgan fingerprint density at radius 1 is 1.14 bits per heavy atom. The summed E-state index contributed by atoms with van der Waals surface area (Å²) in [6, 6.07) is 14.7. The highest BCUT2D eigenvalue weighted by atomic mass is 127. The van der Waals surface area contributed by atoms with Crippen molar-refractivity contribution in [2.24, 2.45) is 4.99 Å². The van der Waals surface area contributed by atoms with Crippen molar-refractivity contribution < 1.29 is 9.13 Å². The van der Waals surface area contributed by atoms with Crippen LogP contribution in [0.25, 0.3) is 0 Å². The van der Waals surface area contributed by atoms with Crippen LogP contribution in [0, 0.1) is 5.82 Å². The molecule has 0 heterocycles. The van der Waals surface area contributed by atoms with Crippen LogP contribution in [0.4, 0.5) is 4.39 Å². The van der Waals surface area contributed by atoms with Gasteiger partial charge >= 0.3 is 0 Å². The molecule has 0 spiro atoms. The van der Waals surface area contributed by atoms with Gasteiger partial charge in [-0.1, -0.05) is 30.3 Å². The second kappa shape index (κ2) is 12.6. The molecule has 0 fully saturated rings. The van der Waals surface area contributed by atoms with Gasteiger partial charge in [0.05, 0.1) is 12.6 Å². The number of nitrogens with one attached hydrogen (secondary N) is 2. The number of ether oxygens (including phenoxy) is 1. The van der Waals surface area contributed by atoms with Crippen LogP contribution in [-0.2, 0) is 6.54 Å². The maximum Gasteiger partial charge on any atom is 0.191 e. The van der Waals surface area contributed by atoms with Gasteiger partial charge in [0, 0.05) is 25.7 Å². The number of aliphatic imine (C=N–C) groups is 1. The van der Waals surface area contributed by atoms with Gasteiger partial charge in [-0.05, 0) is 44.8 Å². The minimum Gasteiger partial charge on any atom is -0.494 e. The van der Waals surface area contributed by atoms with Gasteiger partial charge in [0.2, 0.25) is 0 Å². The third-order valence-corrected chi connectivity index (χ3v) is 4.26. The molecule has 7 heteroatoms. The summed E-state index contributed by atoms with van der Waals surface area (Å²) in [5.41, 5.74) is 1.99. The first-order chi connectivity index (χ1) is 13.0. The number of guanidine groups is 1. The van der Waals surface area contributed by atoms with E-state index in [-0.39, 0.29) is 35.8 Å². The molecule has 2 aromatic carbocycles. The van der Waals surface area contributed by atoms with Gasteiger partial charge in [-0.2, -0.15) is 0 Å². The van der Waals surface area contributed by atoms with E-state index in [9.17, 15) is 4.39 Å². The highest BCUT2D eigenvalue weighted by Crippen LogP contribution is 2.19. The Hall–Kier alpha value is -1.87. The number of benzene rings is 2. The molecule has 2 aromatic rings. The fourth-order valence-corrected chi connectivity index (χ4v) is 2.85. The maximum absolute atomic E-state index is 13.6. The average molecular weight is 500 g/mol. The first-order valence-corrected chi connectivity index (χ1v) is 9.12. The van der Waals surface area contributed by atoms with Crippen molar-refractivity contribution in [2.75, 3.05) is 34.3 Å². The molecule has 0 radical (unpaired) electrons. The molecule has 0 saturated carbocycles. The van der Waals surface area contributed by atoms with Crippen molar-refractivity contribution in [3.05, 3.63) is 65.5 Å². The molecule has 0 aliphatic rings. The number of para-hydroxylation sites is 1. The van der Waals surface area contributed by atoms with Crippen LogP contribution >= 0.6 is 24.0 Å². The summed E-state index contributed by atoms with van der Waals surface area (Å²) in [6.07, 6.45) is 0. The van der Waals surface area contributed by atoms with Crippen molar-refractivity contribution in [1.82, 2.24) is 15.5 Å². The van der Waals surface area contributed by atoms with Crippen molar-refractivity contribution in [2.45, 2.75) is 19.5 Å². The van der Waals surface area contributed by atoms with Crippen LogP contribution in [0.2, 0.25) is 0 Å². The monoisotopic (exact) mass is 500 g/mol. The first-order valence-electron chi connectivity index (χ1n) is 9.12. The lowest BCUT2D eigenvalue weighted by molar-refractivity contribution is 0.297. The molecule has 1 unspecified atom stereocenters. The SMILES string of the molecule is CCOc1ccccc1CNC(=NC)NCC(c1cccc(F)c1)N(C)C.I. The van der Waals surface area contributed by atoms with Crippen LogP contribution in [0.1, 0.15) is 24.1 Å². The molecule has 154 valence electrons. The molecule has 5 nitrogen and oxygen atoms in total. The normalized spacial score (nSPS) is 12.3. The zero-order valence-corrected chi connectivity index (χ0v) is 19.2. The standard InChI is InChI=1S/C21H29FN4O.HI/c1-5-27-20-12-7-6-9-17(20)14-24-21(23-2)25-15-19(26(3)4)16-10-8-11-18(22)13-16;/h6-13,19H,5,14-15H2,1-4H3,(H2,23,24,25);1H. The Labute approximate surface area is 184 Å². The van der Waals surface area contributed by atoms with Gasteiger partial charge in [0.1, 0.15) is 11.6 Å². The minimum absolute atomic E-state index is 0. The Morgan fingerprint density at radius 2 is 1.89 bits per heavy atom. The molecule has 0 aliphatic carbocycles. The van der Waals surface area contributed by atoms with E-state index in [0.29, 0.717) is 25.7 Å². The fraction of sp³-hybridized carbons (Fsp3) is 0.381. The molecule has 0 saturated heterocycles. The summed E-state index contributed by atoms with van der Waals surface area (Å²) in [5, 5.41) is 6.63. The van der Waals surface area contributed by atoms with E-state index in [0.717, 1.165) is 16.9 Å². The summed E-state index contributed by atoms with van der Waals surface area (Å²) in [5.74, 6) is 1.33. The van der Waals surface area contributed by atoms with Gasteiger partial charge in [0.15, 0.2) is 5.96 Å². The second-order valence-electron chi connectivity index (χ2n) is 6.38. The average Bonchev–Trinajstić information content (AvgIpc) is 2.65. The van der Waals surface area contributed by atoms with Gasteiger partial charge < -0.3 is 20.3 Å². The number of nitrogens with zero attached hydrogens (tertiary/aromatic N) is 2. The van der Waals surface area contributed by atoms with Crippen molar-refractivity contribution in [3.8, 4) is 5.75 Å². The topological polar surface area (TPSA) is 48.9 Å². The lowest BCUT2D eigenvalue weighted by Gasteiger charge is -2.26. The lowest BCUT2D eigenvalue weighted by Crippen LogP contribution is -2.41. The predicted molar refractivity (Wildman–Crippen MR) is 124 cm³/mol. The van der Waals surface area contributed by atoms with Gasteiger partial charge in [-0.15, -0.1) is 24.0 Å². The van der Waals surface area contributed by atoms with E-state index >= 15 is 0 Å². The number of likely N-dealkylation sites (N-methyl/N-ethyl adjacent to an activating group) is 1. The van der Waals surface area contributed by atoms with E-state index in [1.807, 2.05) is 51.4 Å². The number of hydrogen-bond donors (Lipinski definition) is 2. The zero-order valence-electron chi connectivity index (χ0n) is 16.9. The van der Waals surface area contributed by atoms with Crippen molar-refractivity contribution >= 4 is 29.9 Å². The second-order valence-corrected chi connectivity index (χ2v) is 6.38. The third kappa shape index (κ3) is 7.27. The van der Waals surface area contributed by atoms with Gasteiger partial charge in [0.25, 0.3) is 0 Å². The summed E-state index contributed by atoms with van der Waals surface area (Å²) in [6.45, 7) is 3.80. The zero-order chi connectivity index (χ0) is 19.6. The van der Waals surface area contributed by atoms with E-state index in [1.165, 1.54) is 6.07 Å². The Morgan fingerprint density at radius 3 is 2.54 bits per heavy atom. The van der Waals surface area contributed by atoms with Crippen LogP contribution in [-0.4, -0.2) is 45.2 Å². The molecule has 0 amide bonds. The molecule has 2 N–H and O–H groups in total. The molecule has 1 atom stereocenters. The Balaban J connectivity index is 0.00000392. The highest BCUT2D eigenvalue weighted by Gasteiger charge is 2.15. The Kier molecular flexibility index (Phi) is 10.8. The number of halogens is 2. The van der Waals surface area contributed by atoms with Gasteiger partial charge in [-0.25, -0.2) is 4.39 Å². The third-order valence-electron chi connectivity index (χ3n) is 4.26. The quantitative estimate of drug-likeness (QED) is 0.329. The molecule has 0 aliphatic heterocycles. The molecule has 0 bridgehead atoms. The summed E-state index contributed by atoms with van der Waals surface area (Å²) >= 11 is 0. The van der Waals surface area contributed by atoms with Crippen LogP contribution in [0.5, 0.6) is 5.75 Å². The maximum atomic E-state index is 13.6. The summed E-state index contributed by atoms with van der Waals surface area (Å²) in [7, 11) is 5.69. The first kappa shape index (κ1) is 24.2. The van der Waals surface area contributed by atoms with Crippen molar-refractivity contribution in [3.63, 3.8) is 0 Å². The smallest absolute Gasteiger partial charge is 0.191 e. The Bertz CT molecular complexity index is 755. The molecular weight excluding hydrogens is 470 g/mol. The summed E-state index contributed by atoms with van der Waals surface area (Å²) in [4.78, 5) is 6.34. The molecule has 28 heavy (non-hydrogen) atoms. The van der Waals surface area contributed by atoms with Crippen molar-refractivity contribution in [1.29, 1.82) is 0 Å². The van der Waals surface area contributed by atoms with E-state index in [4.69, 9.17) is 4.74 Å². The van der Waals surface area contributed by atoms with Crippen LogP contribution in [0.15, 0.2) is 53.5 Å².